The van der Waals surface area contributed by atoms with E-state index >= 15 is 0 Å². The van der Waals surface area contributed by atoms with Gasteiger partial charge in [-0.1, -0.05) is 19.9 Å². The van der Waals surface area contributed by atoms with Crippen LogP contribution in [0.1, 0.15) is 80.9 Å². The van der Waals surface area contributed by atoms with Crippen molar-refractivity contribution < 1.29 is 14.4 Å². The molecular weight excluding hydrogens is 628 g/mol. The molecule has 262 valence electrons. The molecule has 11 nitrogen and oxygen atoms in total. The van der Waals surface area contributed by atoms with Gasteiger partial charge in [-0.2, -0.15) is 5.10 Å². The van der Waals surface area contributed by atoms with Gasteiger partial charge in [-0.3, -0.25) is 24.4 Å². The van der Waals surface area contributed by atoms with Crippen LogP contribution in [0.4, 0.5) is 11.5 Å². The molecule has 0 radical (unpaired) electrons. The number of anilines is 2. The molecule has 0 bridgehead atoms. The average molecular weight is 677 g/mol. The van der Waals surface area contributed by atoms with Crippen LogP contribution in [0.25, 0.3) is 22.3 Å². The van der Waals surface area contributed by atoms with Crippen molar-refractivity contribution in [2.45, 2.75) is 78.2 Å². The Morgan fingerprint density at radius 2 is 1.78 bits per heavy atom. The second-order valence-corrected chi connectivity index (χ2v) is 15.7. The van der Waals surface area contributed by atoms with Crippen LogP contribution in [0.15, 0.2) is 42.6 Å². The molecule has 0 spiro atoms. The number of imide groups is 1. The molecule has 4 aliphatic rings. The largest absolute Gasteiger partial charge is 0.354 e. The van der Waals surface area contributed by atoms with Gasteiger partial charge in [0.05, 0.1) is 17.6 Å². The Kier molecular flexibility index (Phi) is 8.49. The molecule has 3 saturated heterocycles. The number of piperidine rings is 2. The molecule has 1 aliphatic carbocycles. The zero-order valence-electron chi connectivity index (χ0n) is 29.5. The number of rotatable bonds is 6. The Morgan fingerprint density at radius 1 is 0.980 bits per heavy atom. The Morgan fingerprint density at radius 3 is 2.52 bits per heavy atom. The number of hydrogen-bond donors (Lipinski definition) is 2. The highest BCUT2D eigenvalue weighted by Crippen LogP contribution is 2.38. The summed E-state index contributed by atoms with van der Waals surface area (Å²) in [4.78, 5) is 54.6. The number of benzene rings is 1. The zero-order valence-corrected chi connectivity index (χ0v) is 29.5. The number of amides is 3. The van der Waals surface area contributed by atoms with Crippen LogP contribution in [0.5, 0.6) is 0 Å². The SMILES string of the molecule is C[C@@H]1CN(c2ccc(N3C(=O)CCCC3=O)cn2)CCN1CC1CCN(C(=O)c2ccc3cc(-c4n[nH]c5c4CCC(C)(C)C5)[nH]c3c2)CC1. The standard InChI is InChI=1S/C39H48N8O3/c1-25-23-46(34-10-9-29(22-40-34)47-35(48)5-4-6-36(47)49)18-17-45(25)24-26-12-15-44(16-13-26)38(50)28-8-7-27-19-32(41-31(27)20-28)37-30-11-14-39(2,3)21-33(30)42-43-37/h7-10,19-20,22,25-26,41H,4-6,11-18,21,23-24H2,1-3H3,(H,42,43)/t25-/m1/s1. The van der Waals surface area contributed by atoms with E-state index in [4.69, 9.17) is 5.10 Å². The van der Waals surface area contributed by atoms with Crippen LogP contribution in [0.2, 0.25) is 0 Å². The van der Waals surface area contributed by atoms with E-state index in [9.17, 15) is 14.4 Å². The Balaban J connectivity index is 0.840. The molecule has 3 aromatic heterocycles. The van der Waals surface area contributed by atoms with Crippen LogP contribution in [0.3, 0.4) is 0 Å². The highest BCUT2D eigenvalue weighted by Gasteiger charge is 2.32. The van der Waals surface area contributed by atoms with E-state index in [1.165, 1.54) is 16.2 Å². The molecule has 8 rings (SSSR count). The normalized spacial score (nSPS) is 22.0. The van der Waals surface area contributed by atoms with Crippen molar-refractivity contribution in [3.63, 3.8) is 0 Å². The maximum atomic E-state index is 13.6. The van der Waals surface area contributed by atoms with Gasteiger partial charge in [0.1, 0.15) is 11.5 Å². The Bertz CT molecular complexity index is 1900. The zero-order chi connectivity index (χ0) is 34.6. The lowest BCUT2D eigenvalue weighted by Crippen LogP contribution is -2.54. The van der Waals surface area contributed by atoms with E-state index < -0.39 is 0 Å². The van der Waals surface area contributed by atoms with Gasteiger partial charge in [0.2, 0.25) is 11.8 Å². The summed E-state index contributed by atoms with van der Waals surface area (Å²) in [5, 5.41) is 9.08. The summed E-state index contributed by atoms with van der Waals surface area (Å²) in [5.41, 5.74) is 7.15. The first-order valence-electron chi connectivity index (χ1n) is 18.4. The molecule has 3 aliphatic heterocycles. The second-order valence-electron chi connectivity index (χ2n) is 15.7. The number of nitrogens with one attached hydrogen (secondary N) is 2. The number of aromatic nitrogens is 4. The van der Waals surface area contributed by atoms with Crippen molar-refractivity contribution in [2.75, 3.05) is 49.1 Å². The number of carbonyl (C=O) groups is 3. The third kappa shape index (κ3) is 6.32. The minimum absolute atomic E-state index is 0.107. The van der Waals surface area contributed by atoms with Crippen LogP contribution in [0, 0.1) is 11.3 Å². The van der Waals surface area contributed by atoms with Gasteiger partial charge in [0.25, 0.3) is 5.91 Å². The number of hydrogen-bond acceptors (Lipinski definition) is 7. The molecule has 11 heteroatoms. The smallest absolute Gasteiger partial charge is 0.253 e. The number of piperazine rings is 1. The van der Waals surface area contributed by atoms with Gasteiger partial charge < -0.3 is 14.8 Å². The number of fused-ring (bicyclic) bond motifs is 2. The number of pyridine rings is 1. The number of nitrogens with zero attached hydrogens (tertiary/aromatic N) is 6. The van der Waals surface area contributed by atoms with Crippen LogP contribution >= 0.6 is 0 Å². The molecule has 4 aromatic rings. The van der Waals surface area contributed by atoms with E-state index in [0.717, 1.165) is 105 Å². The molecule has 1 aromatic carbocycles. The summed E-state index contributed by atoms with van der Waals surface area (Å²) in [6.45, 7) is 12.2. The lowest BCUT2D eigenvalue weighted by molar-refractivity contribution is -0.129. The molecule has 3 amide bonds. The van der Waals surface area contributed by atoms with Gasteiger partial charge in [-0.15, -0.1) is 0 Å². The molecule has 2 N–H and O–H groups in total. The van der Waals surface area contributed by atoms with Crippen LogP contribution in [-0.2, 0) is 22.4 Å². The lowest BCUT2D eigenvalue weighted by Gasteiger charge is -2.43. The first-order valence-corrected chi connectivity index (χ1v) is 18.4. The summed E-state index contributed by atoms with van der Waals surface area (Å²) in [7, 11) is 0. The van der Waals surface area contributed by atoms with Crippen molar-refractivity contribution >= 4 is 40.1 Å². The molecule has 3 fully saturated rings. The van der Waals surface area contributed by atoms with E-state index in [-0.39, 0.29) is 17.7 Å². The Hall–Kier alpha value is -4.51. The minimum Gasteiger partial charge on any atom is -0.354 e. The summed E-state index contributed by atoms with van der Waals surface area (Å²) in [6, 6.07) is 12.3. The van der Waals surface area contributed by atoms with Gasteiger partial charge >= 0.3 is 0 Å². The van der Waals surface area contributed by atoms with Crippen LogP contribution < -0.4 is 9.80 Å². The monoisotopic (exact) mass is 676 g/mol. The number of carbonyl (C=O) groups excluding carboxylic acids is 3. The highest BCUT2D eigenvalue weighted by atomic mass is 16.2. The summed E-state index contributed by atoms with van der Waals surface area (Å²) in [6.07, 6.45) is 8.30. The molecule has 1 atom stereocenters. The lowest BCUT2D eigenvalue weighted by atomic mass is 9.76. The molecule has 0 unspecified atom stereocenters. The van der Waals surface area contributed by atoms with Crippen molar-refractivity contribution in [1.82, 2.24) is 30.0 Å². The van der Waals surface area contributed by atoms with E-state index in [0.29, 0.717) is 42.3 Å². The van der Waals surface area contributed by atoms with Crippen molar-refractivity contribution in [2.24, 2.45) is 11.3 Å². The topological polar surface area (TPSA) is 122 Å². The highest BCUT2D eigenvalue weighted by molar-refractivity contribution is 6.16. The molecular formula is C39H48N8O3. The van der Waals surface area contributed by atoms with E-state index in [1.807, 2.05) is 29.2 Å². The predicted molar refractivity (Wildman–Crippen MR) is 194 cm³/mol. The average Bonchev–Trinajstić information content (AvgIpc) is 3.72. The van der Waals surface area contributed by atoms with E-state index in [2.05, 4.69) is 57.8 Å². The van der Waals surface area contributed by atoms with Gasteiger partial charge in [0, 0.05) is 85.9 Å². The maximum absolute atomic E-state index is 13.6. The van der Waals surface area contributed by atoms with Gasteiger partial charge in [-0.25, -0.2) is 9.88 Å². The first-order chi connectivity index (χ1) is 24.1. The van der Waals surface area contributed by atoms with Gasteiger partial charge in [0.15, 0.2) is 0 Å². The summed E-state index contributed by atoms with van der Waals surface area (Å²) in [5.74, 6) is 1.25. The number of likely N-dealkylation sites (tertiary alicyclic amines) is 1. The summed E-state index contributed by atoms with van der Waals surface area (Å²) < 4.78 is 0. The second kappa shape index (κ2) is 13.0. The maximum Gasteiger partial charge on any atom is 0.253 e. The fraction of sp³-hybridized carbons (Fsp3) is 0.513. The van der Waals surface area contributed by atoms with E-state index in [1.54, 1.807) is 6.20 Å². The fourth-order valence-electron chi connectivity index (χ4n) is 8.50. The number of H-pyrrole nitrogens is 2. The summed E-state index contributed by atoms with van der Waals surface area (Å²) >= 11 is 0. The van der Waals surface area contributed by atoms with Gasteiger partial charge in [-0.05, 0) is 87.1 Å². The quantitative estimate of drug-likeness (QED) is 0.256. The van der Waals surface area contributed by atoms with Crippen molar-refractivity contribution in [3.05, 3.63) is 59.4 Å². The molecule has 0 saturated carbocycles. The first kappa shape index (κ1) is 32.7. The molecule has 6 heterocycles. The number of aromatic amines is 2. The third-order valence-electron chi connectivity index (χ3n) is 11.5. The fourth-order valence-corrected chi connectivity index (χ4v) is 8.50. The van der Waals surface area contributed by atoms with Crippen molar-refractivity contribution in [3.8, 4) is 11.4 Å². The third-order valence-corrected chi connectivity index (χ3v) is 11.5. The van der Waals surface area contributed by atoms with Crippen LogP contribution in [-0.4, -0.2) is 93.0 Å². The molecule has 50 heavy (non-hydrogen) atoms. The minimum atomic E-state index is -0.145. The predicted octanol–water partition coefficient (Wildman–Crippen LogP) is 5.57. The Labute approximate surface area is 293 Å². The van der Waals surface area contributed by atoms with Crippen molar-refractivity contribution in [1.29, 1.82) is 0 Å².